The second kappa shape index (κ2) is 12.8. The van der Waals surface area contributed by atoms with Gasteiger partial charge in [-0.2, -0.15) is 9.97 Å². The summed E-state index contributed by atoms with van der Waals surface area (Å²) < 4.78 is 28.7. The Balaban J connectivity index is 1.59. The van der Waals surface area contributed by atoms with Crippen LogP contribution in [0.5, 0.6) is 0 Å². The number of imidazole rings is 1. The molecule has 3 aromatic rings. The fourth-order valence-corrected chi connectivity index (χ4v) is 4.65. The molecule has 1 saturated heterocycles. The molecule has 1 aliphatic heterocycles. The van der Waals surface area contributed by atoms with Crippen LogP contribution >= 0.6 is 11.6 Å². The number of hydrogen-bond acceptors (Lipinski definition) is 13. The van der Waals surface area contributed by atoms with Crippen LogP contribution in [0.15, 0.2) is 30.6 Å². The Kier molecular flexibility index (Phi) is 9.38. The number of ether oxygens (including phenoxy) is 5. The maximum atomic E-state index is 13.3. The normalized spacial score (nSPS) is 18.8. The number of rotatable bonds is 11. The highest BCUT2D eigenvalue weighted by molar-refractivity contribution is 6.28. The molecule has 1 fully saturated rings. The van der Waals surface area contributed by atoms with E-state index in [-0.39, 0.29) is 60.5 Å². The Labute approximate surface area is 239 Å². The number of benzene rings is 1. The largest absolute Gasteiger partial charge is 0.465 e. The Morgan fingerprint density at radius 3 is 2.41 bits per heavy atom. The number of nitrogens with zero attached hydrogens (tertiary/aromatic N) is 4. The van der Waals surface area contributed by atoms with E-state index < -0.39 is 41.9 Å². The van der Waals surface area contributed by atoms with Crippen LogP contribution in [-0.4, -0.2) is 87.3 Å². The third kappa shape index (κ3) is 6.25. The molecule has 3 N–H and O–H groups in total. The highest BCUT2D eigenvalue weighted by Gasteiger charge is 2.52. The molecule has 2 aromatic heterocycles. The molecule has 1 aromatic carbocycles. The van der Waals surface area contributed by atoms with Crippen LogP contribution in [0.1, 0.15) is 42.4 Å². The zero-order chi connectivity index (χ0) is 29.7. The van der Waals surface area contributed by atoms with Crippen LogP contribution in [0.2, 0.25) is 5.28 Å². The first-order valence-corrected chi connectivity index (χ1v) is 13.2. The van der Waals surface area contributed by atoms with Gasteiger partial charge >= 0.3 is 17.9 Å². The molecule has 0 bridgehead atoms. The molecule has 14 nitrogen and oxygen atoms in total. The van der Waals surface area contributed by atoms with Gasteiger partial charge in [-0.1, -0.05) is 12.1 Å². The maximum Gasteiger partial charge on any atom is 0.350 e. The fourth-order valence-electron chi connectivity index (χ4n) is 4.48. The average Bonchev–Trinajstić information content (AvgIpc) is 3.53. The van der Waals surface area contributed by atoms with Crippen LogP contribution in [0.25, 0.3) is 11.2 Å². The van der Waals surface area contributed by atoms with E-state index in [1.54, 1.807) is 26.0 Å². The minimum absolute atomic E-state index is 0.0212. The van der Waals surface area contributed by atoms with Crippen molar-refractivity contribution in [1.82, 2.24) is 19.5 Å². The van der Waals surface area contributed by atoms with Gasteiger partial charge in [-0.15, -0.1) is 0 Å². The fraction of sp³-hybridized carbons (Fsp3) is 0.462. The standard InChI is InChI=1S/C26H30ClN5O9/c1-4-38-23(35)26(24(36)39-5-2,11-14-6-8-15(9-7-14)22(34)37-3)40-12-16-10-17(33)21(41-16)32-13-29-18-19(28)30-25(27)31-20(18)32/h6-9,13,16-17,21,33H,4-5,10-12H2,1-3H3,(H2,28,30,31)/t16-,17+,21+/m0/s1. The van der Waals surface area contributed by atoms with Crippen molar-refractivity contribution < 1.29 is 43.2 Å². The summed E-state index contributed by atoms with van der Waals surface area (Å²) in [5.74, 6) is -2.37. The second-order valence-corrected chi connectivity index (χ2v) is 9.44. The number of aliphatic hydroxyl groups is 1. The first kappa shape index (κ1) is 30.1. The van der Waals surface area contributed by atoms with E-state index in [1.165, 1.54) is 30.1 Å². The minimum Gasteiger partial charge on any atom is -0.465 e. The smallest absolute Gasteiger partial charge is 0.350 e. The molecule has 0 radical (unpaired) electrons. The molecule has 0 saturated carbocycles. The van der Waals surface area contributed by atoms with Crippen molar-refractivity contribution in [2.24, 2.45) is 0 Å². The van der Waals surface area contributed by atoms with Crippen molar-refractivity contribution in [2.45, 2.75) is 50.7 Å². The summed E-state index contributed by atoms with van der Waals surface area (Å²) in [5.41, 5.74) is 5.01. The van der Waals surface area contributed by atoms with Gasteiger partial charge in [0.15, 0.2) is 17.7 Å². The molecule has 0 aliphatic carbocycles. The second-order valence-electron chi connectivity index (χ2n) is 9.10. The first-order chi connectivity index (χ1) is 19.6. The lowest BCUT2D eigenvalue weighted by molar-refractivity contribution is -0.195. The minimum atomic E-state index is -2.19. The molecule has 0 amide bonds. The number of fused-ring (bicyclic) bond motifs is 1. The Hall–Kier alpha value is -3.85. The van der Waals surface area contributed by atoms with E-state index in [1.807, 2.05) is 0 Å². The van der Waals surface area contributed by atoms with Crippen molar-refractivity contribution in [3.05, 3.63) is 47.0 Å². The topological polar surface area (TPSA) is 187 Å². The van der Waals surface area contributed by atoms with Gasteiger partial charge in [0.1, 0.15) is 11.6 Å². The number of carbonyl (C=O) groups is 3. The van der Waals surface area contributed by atoms with Crippen molar-refractivity contribution >= 4 is 46.5 Å². The number of esters is 3. The zero-order valence-corrected chi connectivity index (χ0v) is 23.4. The summed E-state index contributed by atoms with van der Waals surface area (Å²) >= 11 is 5.96. The van der Waals surface area contributed by atoms with Gasteiger partial charge in [-0.3, -0.25) is 4.57 Å². The summed E-state index contributed by atoms with van der Waals surface area (Å²) in [6.07, 6.45) is -1.50. The van der Waals surface area contributed by atoms with Crippen LogP contribution in [0.3, 0.4) is 0 Å². The van der Waals surface area contributed by atoms with Crippen LogP contribution in [0.4, 0.5) is 5.82 Å². The van der Waals surface area contributed by atoms with E-state index in [2.05, 4.69) is 15.0 Å². The van der Waals surface area contributed by atoms with Crippen molar-refractivity contribution in [1.29, 1.82) is 0 Å². The Morgan fingerprint density at radius 2 is 1.80 bits per heavy atom. The number of methoxy groups -OCH3 is 1. The number of nitrogens with two attached hydrogens (primary N) is 1. The molecule has 0 spiro atoms. The monoisotopic (exact) mass is 591 g/mol. The molecule has 41 heavy (non-hydrogen) atoms. The SMILES string of the molecule is CCOC(=O)C(Cc1ccc(C(=O)OC)cc1)(OC[C@@H]1C[C@@H](O)[C@H](n2cnc3c(N)nc(Cl)nc32)O1)C(=O)OCC. The zero-order valence-electron chi connectivity index (χ0n) is 22.6. The van der Waals surface area contributed by atoms with Gasteiger partial charge < -0.3 is 34.5 Å². The Morgan fingerprint density at radius 1 is 1.15 bits per heavy atom. The van der Waals surface area contributed by atoms with Gasteiger partial charge in [0, 0.05) is 12.8 Å². The number of nitrogen functional groups attached to an aromatic ring is 1. The first-order valence-electron chi connectivity index (χ1n) is 12.8. The van der Waals surface area contributed by atoms with Gasteiger partial charge in [0.25, 0.3) is 5.60 Å². The predicted molar refractivity (Wildman–Crippen MR) is 143 cm³/mol. The number of hydrogen-bond donors (Lipinski definition) is 2. The lowest BCUT2D eigenvalue weighted by atomic mass is 9.93. The van der Waals surface area contributed by atoms with Crippen molar-refractivity contribution in [3.8, 4) is 0 Å². The van der Waals surface area contributed by atoms with Gasteiger partial charge in [-0.05, 0) is 43.1 Å². The van der Waals surface area contributed by atoms with Crippen molar-refractivity contribution in [3.63, 3.8) is 0 Å². The molecular formula is C26H30ClN5O9. The molecule has 15 heteroatoms. The summed E-state index contributed by atoms with van der Waals surface area (Å²) in [6.45, 7) is 2.87. The van der Waals surface area contributed by atoms with Crippen LogP contribution in [-0.2, 0) is 39.7 Å². The van der Waals surface area contributed by atoms with Crippen LogP contribution < -0.4 is 5.73 Å². The maximum absolute atomic E-state index is 13.3. The summed E-state index contributed by atoms with van der Waals surface area (Å²) in [5, 5.41) is 10.7. The number of halogens is 1. The molecule has 220 valence electrons. The van der Waals surface area contributed by atoms with E-state index in [0.717, 1.165) is 0 Å². The third-order valence-electron chi connectivity index (χ3n) is 6.41. The van der Waals surface area contributed by atoms with E-state index in [4.69, 9.17) is 41.0 Å². The van der Waals surface area contributed by atoms with Gasteiger partial charge in [0.05, 0.1) is 44.9 Å². The van der Waals surface area contributed by atoms with Gasteiger partial charge in [0.2, 0.25) is 5.28 Å². The number of anilines is 1. The molecule has 0 unspecified atom stereocenters. The lowest BCUT2D eigenvalue weighted by Gasteiger charge is -2.30. The third-order valence-corrected chi connectivity index (χ3v) is 6.58. The highest BCUT2D eigenvalue weighted by atomic mass is 35.5. The molecule has 4 rings (SSSR count). The quantitative estimate of drug-likeness (QED) is 0.142. The Bertz CT molecular complexity index is 1400. The summed E-state index contributed by atoms with van der Waals surface area (Å²) in [7, 11) is 1.26. The molecule has 3 atom stereocenters. The van der Waals surface area contributed by atoms with E-state index in [9.17, 15) is 19.5 Å². The number of carbonyl (C=O) groups excluding carboxylic acids is 3. The lowest BCUT2D eigenvalue weighted by Crippen LogP contribution is -2.54. The molecule has 1 aliphatic rings. The van der Waals surface area contributed by atoms with E-state index >= 15 is 0 Å². The molecular weight excluding hydrogens is 562 g/mol. The summed E-state index contributed by atoms with van der Waals surface area (Å²) in [4.78, 5) is 50.6. The van der Waals surface area contributed by atoms with Crippen molar-refractivity contribution in [2.75, 3.05) is 32.7 Å². The predicted octanol–water partition coefficient (Wildman–Crippen LogP) is 1.62. The summed E-state index contributed by atoms with van der Waals surface area (Å²) in [6, 6.07) is 6.14. The van der Waals surface area contributed by atoms with E-state index in [0.29, 0.717) is 5.56 Å². The van der Waals surface area contributed by atoms with Crippen LogP contribution in [0, 0.1) is 0 Å². The number of aromatic nitrogens is 4. The number of aliphatic hydroxyl groups excluding tert-OH is 1. The average molecular weight is 592 g/mol. The molecule has 3 heterocycles. The highest BCUT2D eigenvalue weighted by Crippen LogP contribution is 2.33. The van der Waals surface area contributed by atoms with Gasteiger partial charge in [-0.25, -0.2) is 19.4 Å².